The number of carboxylic acids is 1. The first kappa shape index (κ1) is 15.7. The van der Waals surface area contributed by atoms with Crippen molar-refractivity contribution >= 4 is 49.4 Å². The minimum Gasteiger partial charge on any atom is -0.478 e. The van der Waals surface area contributed by atoms with E-state index < -0.39 is 23.3 Å². The van der Waals surface area contributed by atoms with Crippen molar-refractivity contribution in [2.24, 2.45) is 0 Å². The second-order valence-corrected chi connectivity index (χ2v) is 5.85. The van der Waals surface area contributed by atoms with Crippen molar-refractivity contribution in [3.05, 3.63) is 62.3 Å². The first-order chi connectivity index (χ1) is 9.88. The van der Waals surface area contributed by atoms with Crippen LogP contribution in [0.1, 0.15) is 20.7 Å². The lowest BCUT2D eigenvalue weighted by atomic mass is 10.1. The molecule has 108 valence electrons. The van der Waals surface area contributed by atoms with E-state index in [1.54, 1.807) is 18.2 Å². The van der Waals surface area contributed by atoms with Crippen molar-refractivity contribution < 1.29 is 19.1 Å². The Morgan fingerprint density at radius 2 is 1.71 bits per heavy atom. The van der Waals surface area contributed by atoms with Crippen LogP contribution in [-0.4, -0.2) is 17.0 Å². The molecule has 4 nitrogen and oxygen atoms in total. The quantitative estimate of drug-likeness (QED) is 0.783. The number of hydrogen-bond acceptors (Lipinski definition) is 2. The van der Waals surface area contributed by atoms with Gasteiger partial charge in [0, 0.05) is 14.6 Å². The third-order valence-corrected chi connectivity index (χ3v) is 3.78. The molecule has 0 unspecified atom stereocenters. The van der Waals surface area contributed by atoms with Gasteiger partial charge in [-0.15, -0.1) is 0 Å². The zero-order valence-corrected chi connectivity index (χ0v) is 13.5. The van der Waals surface area contributed by atoms with Crippen LogP contribution in [-0.2, 0) is 0 Å². The summed E-state index contributed by atoms with van der Waals surface area (Å²) in [5.74, 6) is -2.70. The number of carbonyl (C=O) groups excluding carboxylic acids is 1. The van der Waals surface area contributed by atoms with Crippen LogP contribution in [0.2, 0.25) is 0 Å². The zero-order valence-electron chi connectivity index (χ0n) is 10.4. The number of aromatic carboxylic acids is 1. The summed E-state index contributed by atoms with van der Waals surface area (Å²) in [5.41, 5.74) is 0.107. The van der Waals surface area contributed by atoms with E-state index in [1.807, 2.05) is 0 Å². The molecule has 7 heteroatoms. The highest BCUT2D eigenvalue weighted by Crippen LogP contribution is 2.23. The van der Waals surface area contributed by atoms with Crippen LogP contribution in [0, 0.1) is 5.82 Å². The monoisotopic (exact) mass is 415 g/mol. The fourth-order valence-electron chi connectivity index (χ4n) is 1.64. The molecule has 0 aliphatic carbocycles. The molecule has 2 aromatic carbocycles. The summed E-state index contributed by atoms with van der Waals surface area (Å²) in [4.78, 5) is 22.8. The highest BCUT2D eigenvalue weighted by Gasteiger charge is 2.14. The fourth-order valence-corrected chi connectivity index (χ4v) is 2.87. The molecule has 0 heterocycles. The Morgan fingerprint density at radius 3 is 2.29 bits per heavy atom. The molecule has 0 bridgehead atoms. The van der Waals surface area contributed by atoms with Crippen LogP contribution in [0.4, 0.5) is 10.1 Å². The Morgan fingerprint density at radius 1 is 1.05 bits per heavy atom. The van der Waals surface area contributed by atoms with Gasteiger partial charge in [0.1, 0.15) is 5.82 Å². The number of hydrogen-bond donors (Lipinski definition) is 2. The summed E-state index contributed by atoms with van der Waals surface area (Å²) >= 11 is 6.54. The lowest BCUT2D eigenvalue weighted by Gasteiger charge is -2.08. The summed E-state index contributed by atoms with van der Waals surface area (Å²) < 4.78 is 14.9. The van der Waals surface area contributed by atoms with Crippen molar-refractivity contribution in [2.75, 3.05) is 5.32 Å². The average Bonchev–Trinajstić information content (AvgIpc) is 2.37. The molecule has 0 fully saturated rings. The minimum absolute atomic E-state index is 0.178. The summed E-state index contributed by atoms with van der Waals surface area (Å²) in [6, 6.07) is 8.41. The predicted molar refractivity (Wildman–Crippen MR) is 83.2 cm³/mol. The minimum atomic E-state index is -1.36. The van der Waals surface area contributed by atoms with Crippen LogP contribution >= 0.6 is 31.9 Å². The molecule has 1 amide bonds. The smallest absolute Gasteiger partial charge is 0.338 e. The number of anilines is 1. The van der Waals surface area contributed by atoms with Gasteiger partial charge in [0.05, 0.1) is 11.1 Å². The largest absolute Gasteiger partial charge is 0.478 e. The van der Waals surface area contributed by atoms with Crippen LogP contribution in [0.25, 0.3) is 0 Å². The summed E-state index contributed by atoms with van der Waals surface area (Å²) in [5, 5.41) is 11.2. The van der Waals surface area contributed by atoms with Gasteiger partial charge >= 0.3 is 5.97 Å². The maximum Gasteiger partial charge on any atom is 0.338 e. The van der Waals surface area contributed by atoms with Crippen molar-refractivity contribution in [3.8, 4) is 0 Å². The first-order valence-electron chi connectivity index (χ1n) is 5.67. The molecule has 0 aliphatic heterocycles. The number of carboxylic acid groups (broad SMARTS) is 1. The normalized spacial score (nSPS) is 10.2. The summed E-state index contributed by atoms with van der Waals surface area (Å²) in [6.45, 7) is 0. The van der Waals surface area contributed by atoms with E-state index in [-0.39, 0.29) is 5.69 Å². The average molecular weight is 417 g/mol. The SMILES string of the molecule is O=C(O)c1ccc(NC(=O)c2ccc(Br)cc2Br)cc1F. The Balaban J connectivity index is 2.23. The van der Waals surface area contributed by atoms with E-state index in [2.05, 4.69) is 37.2 Å². The molecule has 21 heavy (non-hydrogen) atoms. The molecule has 2 N–H and O–H groups in total. The first-order valence-corrected chi connectivity index (χ1v) is 7.26. The number of carbonyl (C=O) groups is 2. The Kier molecular flexibility index (Phi) is 4.74. The standard InChI is InChI=1S/C14H8Br2FNO3/c15-7-1-3-9(11(16)5-7)13(19)18-8-2-4-10(14(20)21)12(17)6-8/h1-6H,(H,18,19)(H,20,21). The van der Waals surface area contributed by atoms with E-state index >= 15 is 0 Å². The molecule has 0 saturated heterocycles. The molecule has 0 aromatic heterocycles. The van der Waals surface area contributed by atoms with Gasteiger partial charge in [-0.25, -0.2) is 9.18 Å². The molecular formula is C14H8Br2FNO3. The third-order valence-electron chi connectivity index (χ3n) is 2.63. The Labute approximate surface area is 136 Å². The van der Waals surface area contributed by atoms with E-state index in [9.17, 15) is 14.0 Å². The maximum absolute atomic E-state index is 13.5. The van der Waals surface area contributed by atoms with Gasteiger partial charge in [-0.2, -0.15) is 0 Å². The number of amides is 1. The number of benzene rings is 2. The van der Waals surface area contributed by atoms with Gasteiger partial charge in [0.25, 0.3) is 5.91 Å². The maximum atomic E-state index is 13.5. The lowest BCUT2D eigenvalue weighted by molar-refractivity contribution is 0.0692. The lowest BCUT2D eigenvalue weighted by Crippen LogP contribution is -2.13. The third kappa shape index (κ3) is 3.68. The molecular weight excluding hydrogens is 409 g/mol. The second-order valence-electron chi connectivity index (χ2n) is 4.08. The number of halogens is 3. The van der Waals surface area contributed by atoms with Crippen LogP contribution in [0.3, 0.4) is 0 Å². The van der Waals surface area contributed by atoms with Gasteiger partial charge in [-0.1, -0.05) is 15.9 Å². The molecule has 2 rings (SSSR count). The topological polar surface area (TPSA) is 66.4 Å². The van der Waals surface area contributed by atoms with Crippen LogP contribution < -0.4 is 5.32 Å². The van der Waals surface area contributed by atoms with Crippen molar-refractivity contribution in [3.63, 3.8) is 0 Å². The van der Waals surface area contributed by atoms with E-state index in [1.165, 1.54) is 6.07 Å². The molecule has 0 spiro atoms. The zero-order chi connectivity index (χ0) is 15.6. The van der Waals surface area contributed by atoms with Crippen molar-refractivity contribution in [1.82, 2.24) is 0 Å². The molecule has 0 atom stereocenters. The molecule has 2 aromatic rings. The van der Waals surface area contributed by atoms with Gasteiger partial charge < -0.3 is 10.4 Å². The van der Waals surface area contributed by atoms with E-state index in [4.69, 9.17) is 5.11 Å². The van der Waals surface area contributed by atoms with Gasteiger partial charge in [0.2, 0.25) is 0 Å². The highest BCUT2D eigenvalue weighted by molar-refractivity contribution is 9.11. The van der Waals surface area contributed by atoms with E-state index in [0.29, 0.717) is 10.0 Å². The van der Waals surface area contributed by atoms with Crippen molar-refractivity contribution in [1.29, 1.82) is 0 Å². The molecule has 0 saturated carbocycles. The second kappa shape index (κ2) is 6.36. The predicted octanol–water partition coefficient (Wildman–Crippen LogP) is 4.30. The Hall–Kier alpha value is -1.73. The van der Waals surface area contributed by atoms with Crippen molar-refractivity contribution in [2.45, 2.75) is 0 Å². The van der Waals surface area contributed by atoms with E-state index in [0.717, 1.165) is 16.6 Å². The molecule has 0 radical (unpaired) electrons. The van der Waals surface area contributed by atoms with Gasteiger partial charge in [-0.05, 0) is 52.3 Å². The van der Waals surface area contributed by atoms with Gasteiger partial charge in [0.15, 0.2) is 0 Å². The summed E-state index contributed by atoms with van der Waals surface area (Å²) in [7, 11) is 0. The molecule has 0 aliphatic rings. The highest BCUT2D eigenvalue weighted by atomic mass is 79.9. The van der Waals surface area contributed by atoms with Gasteiger partial charge in [-0.3, -0.25) is 4.79 Å². The van der Waals surface area contributed by atoms with Crippen LogP contribution in [0.15, 0.2) is 45.3 Å². The number of rotatable bonds is 3. The summed E-state index contributed by atoms with van der Waals surface area (Å²) in [6.07, 6.45) is 0. The number of nitrogens with one attached hydrogen (secondary N) is 1. The Bertz CT molecular complexity index is 734. The fraction of sp³-hybridized carbons (Fsp3) is 0. The van der Waals surface area contributed by atoms with Crippen LogP contribution in [0.5, 0.6) is 0 Å².